The minimum absolute atomic E-state index is 0.0105. The molecule has 3 aromatic rings. The third-order valence-corrected chi connectivity index (χ3v) is 4.07. The fourth-order valence-electron chi connectivity index (χ4n) is 2.29. The first-order valence-electron chi connectivity index (χ1n) is 7.31. The van der Waals surface area contributed by atoms with E-state index in [1.807, 2.05) is 0 Å². The van der Waals surface area contributed by atoms with E-state index in [0.717, 1.165) is 12.2 Å². The predicted octanol–water partition coefficient (Wildman–Crippen LogP) is 4.30. The second-order valence-electron chi connectivity index (χ2n) is 5.38. The van der Waals surface area contributed by atoms with Gasteiger partial charge in [-0.25, -0.2) is 19.4 Å². The van der Waals surface area contributed by atoms with Crippen molar-refractivity contribution < 1.29 is 23.1 Å². The second-order valence-corrected chi connectivity index (χ2v) is 6.22. The summed E-state index contributed by atoms with van der Waals surface area (Å²) < 4.78 is 40.1. The average Bonchev–Trinajstić information content (AvgIpc) is 2.92. The van der Waals surface area contributed by atoms with Crippen molar-refractivity contribution in [1.29, 1.82) is 0 Å². The number of hydrogen-bond donors (Lipinski definition) is 1. The Labute approximate surface area is 159 Å². The summed E-state index contributed by atoms with van der Waals surface area (Å²) in [7, 11) is 0. The first-order chi connectivity index (χ1) is 12.6. The van der Waals surface area contributed by atoms with Crippen molar-refractivity contribution >= 4 is 46.4 Å². The lowest BCUT2D eigenvalue weighted by Gasteiger charge is -2.08. The number of benzene rings is 1. The van der Waals surface area contributed by atoms with Gasteiger partial charge in [0.2, 0.25) is 0 Å². The summed E-state index contributed by atoms with van der Waals surface area (Å²) in [5, 5.41) is 13.6. The van der Waals surface area contributed by atoms with Crippen LogP contribution in [0.5, 0.6) is 0 Å². The largest absolute Gasteiger partial charge is 0.478 e. The molecule has 0 aliphatic rings. The molecular weight excluding hydrogens is 408 g/mol. The molecule has 1 aromatic carbocycles. The highest BCUT2D eigenvalue weighted by Gasteiger charge is 2.34. The summed E-state index contributed by atoms with van der Waals surface area (Å²) >= 11 is 12.0. The van der Waals surface area contributed by atoms with E-state index in [4.69, 9.17) is 28.3 Å². The Hall–Kier alpha value is -2.65. The quantitative estimate of drug-likeness (QED) is 0.641. The number of aliphatic carboxylic acids is 1. The number of rotatable bonds is 4. The van der Waals surface area contributed by atoms with Crippen molar-refractivity contribution in [2.45, 2.75) is 12.7 Å². The number of carbonyl (C=O) groups is 1. The number of aromatic nitrogens is 4. The molecule has 0 bridgehead atoms. The van der Waals surface area contributed by atoms with E-state index < -0.39 is 17.8 Å². The van der Waals surface area contributed by atoms with E-state index in [1.54, 1.807) is 12.1 Å². The van der Waals surface area contributed by atoms with Crippen LogP contribution in [-0.4, -0.2) is 30.8 Å². The van der Waals surface area contributed by atoms with Crippen LogP contribution in [0, 0.1) is 0 Å². The van der Waals surface area contributed by atoms with Gasteiger partial charge < -0.3 is 5.11 Å². The number of halogens is 5. The second kappa shape index (κ2) is 7.16. The lowest BCUT2D eigenvalue weighted by atomic mass is 10.2. The van der Waals surface area contributed by atoms with Gasteiger partial charge in [-0.2, -0.15) is 18.3 Å². The predicted molar refractivity (Wildman–Crippen MR) is 92.6 cm³/mol. The number of fused-ring (bicyclic) bond motifs is 1. The van der Waals surface area contributed by atoms with Crippen molar-refractivity contribution in [3.05, 3.63) is 57.5 Å². The number of carboxylic acids is 1. The standard InChI is InChI=1S/C16H9Cl2F3N4O2/c17-9-2-1-8(10(18)5-9)7-25-15-14(11(24-25)3-4-13(26)27)22-6-12(23-15)16(19,20)21/h1-6H,7H2,(H,26,27)/b4-3+. The van der Waals surface area contributed by atoms with Crippen molar-refractivity contribution in [1.82, 2.24) is 19.7 Å². The van der Waals surface area contributed by atoms with Crippen LogP contribution in [0.15, 0.2) is 30.5 Å². The van der Waals surface area contributed by atoms with Crippen LogP contribution >= 0.6 is 23.2 Å². The third-order valence-electron chi connectivity index (χ3n) is 3.48. The Kier molecular flexibility index (Phi) is 5.07. The SMILES string of the molecule is O=C(O)/C=C/c1nn(Cc2ccc(Cl)cc2Cl)c2nc(C(F)(F)F)cnc12. The Morgan fingerprint density at radius 1 is 1.30 bits per heavy atom. The van der Waals surface area contributed by atoms with Crippen LogP contribution in [0.3, 0.4) is 0 Å². The fourth-order valence-corrected chi connectivity index (χ4v) is 2.75. The van der Waals surface area contributed by atoms with E-state index in [1.165, 1.54) is 10.7 Å². The maximum atomic E-state index is 13.0. The molecule has 0 unspecified atom stereocenters. The van der Waals surface area contributed by atoms with Crippen LogP contribution < -0.4 is 0 Å². The smallest absolute Gasteiger partial charge is 0.434 e. The van der Waals surface area contributed by atoms with Gasteiger partial charge in [0, 0.05) is 16.1 Å². The molecule has 0 aliphatic heterocycles. The van der Waals surface area contributed by atoms with Gasteiger partial charge in [0.25, 0.3) is 0 Å². The molecule has 2 aromatic heterocycles. The monoisotopic (exact) mass is 416 g/mol. The highest BCUT2D eigenvalue weighted by Crippen LogP contribution is 2.29. The maximum Gasteiger partial charge on any atom is 0.434 e. The maximum absolute atomic E-state index is 13.0. The zero-order valence-corrected chi connectivity index (χ0v) is 14.7. The molecule has 0 saturated carbocycles. The minimum atomic E-state index is -4.69. The molecule has 0 radical (unpaired) electrons. The molecule has 2 heterocycles. The summed E-state index contributed by atoms with van der Waals surface area (Å²) in [5.41, 5.74) is -0.698. The molecule has 0 amide bonds. The van der Waals surface area contributed by atoms with Gasteiger partial charge in [0.1, 0.15) is 11.2 Å². The Balaban J connectivity index is 2.15. The first-order valence-corrected chi connectivity index (χ1v) is 8.06. The molecule has 0 saturated heterocycles. The fraction of sp³-hybridized carbons (Fsp3) is 0.125. The number of alkyl halides is 3. The molecule has 140 valence electrons. The Morgan fingerprint density at radius 2 is 2.04 bits per heavy atom. The summed E-state index contributed by atoms with van der Waals surface area (Å²) in [6.07, 6.45) is -2.18. The normalized spacial score (nSPS) is 12.2. The molecule has 11 heteroatoms. The Morgan fingerprint density at radius 3 is 2.67 bits per heavy atom. The van der Waals surface area contributed by atoms with E-state index in [9.17, 15) is 18.0 Å². The van der Waals surface area contributed by atoms with Crippen molar-refractivity contribution in [2.24, 2.45) is 0 Å². The van der Waals surface area contributed by atoms with Gasteiger partial charge in [-0.3, -0.25) is 0 Å². The summed E-state index contributed by atoms with van der Waals surface area (Å²) in [4.78, 5) is 18.1. The molecule has 0 aliphatic carbocycles. The highest BCUT2D eigenvalue weighted by molar-refractivity contribution is 6.35. The molecule has 0 spiro atoms. The molecule has 27 heavy (non-hydrogen) atoms. The van der Waals surface area contributed by atoms with Crippen LogP contribution in [-0.2, 0) is 17.5 Å². The van der Waals surface area contributed by atoms with Gasteiger partial charge >= 0.3 is 12.1 Å². The molecule has 6 nitrogen and oxygen atoms in total. The van der Waals surface area contributed by atoms with Crippen LogP contribution in [0.1, 0.15) is 17.0 Å². The molecule has 1 N–H and O–H groups in total. The van der Waals surface area contributed by atoms with Crippen molar-refractivity contribution in [3.63, 3.8) is 0 Å². The first kappa shape index (κ1) is 19.1. The van der Waals surface area contributed by atoms with Crippen LogP contribution in [0.25, 0.3) is 17.2 Å². The zero-order chi connectivity index (χ0) is 19.8. The van der Waals surface area contributed by atoms with Gasteiger partial charge in [0.05, 0.1) is 12.7 Å². The van der Waals surface area contributed by atoms with E-state index in [2.05, 4.69) is 15.1 Å². The topological polar surface area (TPSA) is 80.9 Å². The highest BCUT2D eigenvalue weighted by atomic mass is 35.5. The molecule has 0 fully saturated rings. The van der Waals surface area contributed by atoms with Crippen molar-refractivity contribution in [2.75, 3.05) is 0 Å². The minimum Gasteiger partial charge on any atom is -0.478 e. The zero-order valence-electron chi connectivity index (χ0n) is 13.2. The summed E-state index contributed by atoms with van der Waals surface area (Å²) in [5.74, 6) is -1.24. The van der Waals surface area contributed by atoms with E-state index >= 15 is 0 Å². The van der Waals surface area contributed by atoms with E-state index in [-0.39, 0.29) is 23.4 Å². The number of carboxylic acid groups (broad SMARTS) is 1. The summed E-state index contributed by atoms with van der Waals surface area (Å²) in [6.45, 7) is -0.0105. The Bertz CT molecular complexity index is 1060. The average molecular weight is 417 g/mol. The number of hydrogen-bond acceptors (Lipinski definition) is 4. The van der Waals surface area contributed by atoms with Crippen LogP contribution in [0.4, 0.5) is 13.2 Å². The molecule has 3 rings (SSSR count). The van der Waals surface area contributed by atoms with Crippen molar-refractivity contribution in [3.8, 4) is 0 Å². The lowest BCUT2D eigenvalue weighted by molar-refractivity contribution is -0.141. The van der Waals surface area contributed by atoms with Gasteiger partial charge in [-0.05, 0) is 23.8 Å². The lowest BCUT2D eigenvalue weighted by Crippen LogP contribution is -2.10. The summed E-state index contributed by atoms with van der Waals surface area (Å²) in [6, 6.07) is 4.67. The molecular formula is C16H9Cl2F3N4O2. The van der Waals surface area contributed by atoms with Crippen LogP contribution in [0.2, 0.25) is 10.0 Å². The van der Waals surface area contributed by atoms with Gasteiger partial charge in [-0.15, -0.1) is 0 Å². The van der Waals surface area contributed by atoms with E-state index in [0.29, 0.717) is 21.8 Å². The van der Waals surface area contributed by atoms with Gasteiger partial charge in [-0.1, -0.05) is 29.3 Å². The van der Waals surface area contributed by atoms with Gasteiger partial charge in [0.15, 0.2) is 11.3 Å². The number of nitrogens with zero attached hydrogens (tertiary/aromatic N) is 4. The third kappa shape index (κ3) is 4.20. The molecule has 0 atom stereocenters.